The fourth-order valence-electron chi connectivity index (χ4n) is 2.98. The van der Waals surface area contributed by atoms with Gasteiger partial charge in [0.2, 0.25) is 0 Å². The van der Waals surface area contributed by atoms with Gasteiger partial charge in [-0.2, -0.15) is 0 Å². The first-order valence-corrected chi connectivity index (χ1v) is 8.19. The first kappa shape index (κ1) is 18.2. The highest BCUT2D eigenvalue weighted by Crippen LogP contribution is 2.24. The minimum absolute atomic E-state index is 0.0245. The summed E-state index contributed by atoms with van der Waals surface area (Å²) in [5, 5.41) is 6.24. The number of nitrogens with zero attached hydrogens (tertiary/aromatic N) is 2. The molecule has 0 unspecified atom stereocenters. The Morgan fingerprint density at radius 1 is 1.19 bits per heavy atom. The third kappa shape index (κ3) is 6.22. The topological polar surface area (TPSA) is 47.6 Å². The van der Waals surface area contributed by atoms with E-state index >= 15 is 0 Å². The van der Waals surface area contributed by atoms with Crippen LogP contribution in [0.1, 0.15) is 40.5 Å². The smallest absolute Gasteiger partial charge is 0.315 e. The molecule has 2 amide bonds. The predicted octanol–water partition coefficient (Wildman–Crippen LogP) is 1.75. The van der Waals surface area contributed by atoms with Gasteiger partial charge in [-0.3, -0.25) is 0 Å². The number of hydrogen-bond donors (Lipinski definition) is 2. The van der Waals surface area contributed by atoms with Gasteiger partial charge in [0.15, 0.2) is 0 Å². The fourth-order valence-corrected chi connectivity index (χ4v) is 2.98. The number of nitrogens with one attached hydrogen (secondary N) is 2. The molecule has 0 aliphatic carbocycles. The molecule has 1 fully saturated rings. The van der Waals surface area contributed by atoms with E-state index in [1.54, 1.807) is 0 Å². The zero-order valence-electron chi connectivity index (χ0n) is 14.7. The Morgan fingerprint density at radius 2 is 1.76 bits per heavy atom. The van der Waals surface area contributed by atoms with Gasteiger partial charge < -0.3 is 20.4 Å². The van der Waals surface area contributed by atoms with Crippen LogP contribution in [-0.2, 0) is 0 Å². The molecule has 1 saturated heterocycles. The lowest BCUT2D eigenvalue weighted by atomic mass is 9.86. The second kappa shape index (κ2) is 7.99. The summed E-state index contributed by atoms with van der Waals surface area (Å²) >= 11 is 0. The Hall–Kier alpha value is -0.810. The molecule has 0 spiro atoms. The fraction of sp³-hybridized carbons (Fsp3) is 0.938. The third-order valence-electron chi connectivity index (χ3n) is 4.15. The highest BCUT2D eigenvalue weighted by atomic mass is 16.2. The molecule has 1 aliphatic rings. The molecule has 0 aromatic heterocycles. The van der Waals surface area contributed by atoms with Gasteiger partial charge in [-0.15, -0.1) is 0 Å². The number of piperidine rings is 1. The summed E-state index contributed by atoms with van der Waals surface area (Å²) in [6, 6.07) is 0.556. The van der Waals surface area contributed by atoms with Crippen molar-refractivity contribution in [2.24, 2.45) is 5.92 Å². The standard InChI is InChI=1S/C16H34N4O/c1-13(2)11-17-15(21)18-16(12-19(5)6)7-9-20(10-8-16)14(3)4/h13-14H,7-12H2,1-6H3,(H2,17,18,21). The van der Waals surface area contributed by atoms with Crippen LogP contribution in [0, 0.1) is 5.92 Å². The minimum atomic E-state index is -0.101. The molecule has 0 aromatic rings. The van der Waals surface area contributed by atoms with Gasteiger partial charge in [0.25, 0.3) is 0 Å². The van der Waals surface area contributed by atoms with Crippen molar-refractivity contribution in [3.8, 4) is 0 Å². The molecular weight excluding hydrogens is 264 g/mol. The number of amides is 2. The van der Waals surface area contributed by atoms with Gasteiger partial charge in [-0.05, 0) is 46.7 Å². The van der Waals surface area contributed by atoms with Crippen LogP contribution in [-0.4, -0.2) is 67.7 Å². The van der Waals surface area contributed by atoms with Crippen LogP contribution in [0.2, 0.25) is 0 Å². The van der Waals surface area contributed by atoms with Crippen LogP contribution >= 0.6 is 0 Å². The van der Waals surface area contributed by atoms with E-state index in [1.165, 1.54) is 0 Å². The van der Waals surface area contributed by atoms with Crippen LogP contribution in [0.25, 0.3) is 0 Å². The van der Waals surface area contributed by atoms with Crippen molar-refractivity contribution in [1.29, 1.82) is 0 Å². The highest BCUT2D eigenvalue weighted by molar-refractivity contribution is 5.74. The Balaban J connectivity index is 2.61. The van der Waals surface area contributed by atoms with Crippen molar-refractivity contribution >= 4 is 6.03 Å². The van der Waals surface area contributed by atoms with Gasteiger partial charge in [-0.1, -0.05) is 13.8 Å². The maximum absolute atomic E-state index is 12.2. The number of carbonyl (C=O) groups excluding carboxylic acids is 1. The number of carbonyl (C=O) groups is 1. The molecule has 1 aliphatic heterocycles. The molecule has 21 heavy (non-hydrogen) atoms. The van der Waals surface area contributed by atoms with Crippen molar-refractivity contribution < 1.29 is 4.79 Å². The third-order valence-corrected chi connectivity index (χ3v) is 4.15. The number of hydrogen-bond acceptors (Lipinski definition) is 3. The van der Waals surface area contributed by atoms with Crippen molar-refractivity contribution in [1.82, 2.24) is 20.4 Å². The van der Waals surface area contributed by atoms with Crippen molar-refractivity contribution in [2.75, 3.05) is 40.3 Å². The lowest BCUT2D eigenvalue weighted by Gasteiger charge is -2.45. The average molecular weight is 298 g/mol. The van der Waals surface area contributed by atoms with Gasteiger partial charge in [0.05, 0.1) is 5.54 Å². The molecule has 2 N–H and O–H groups in total. The predicted molar refractivity (Wildman–Crippen MR) is 88.6 cm³/mol. The summed E-state index contributed by atoms with van der Waals surface area (Å²) in [7, 11) is 4.15. The van der Waals surface area contributed by atoms with E-state index < -0.39 is 0 Å². The Morgan fingerprint density at radius 3 is 2.19 bits per heavy atom. The second-order valence-electron chi connectivity index (χ2n) is 7.38. The molecule has 1 rings (SSSR count). The molecule has 0 saturated carbocycles. The van der Waals surface area contributed by atoms with E-state index in [2.05, 4.69) is 62.2 Å². The number of urea groups is 1. The first-order valence-electron chi connectivity index (χ1n) is 8.19. The van der Waals surface area contributed by atoms with E-state index in [1.807, 2.05) is 0 Å². The summed E-state index contributed by atoms with van der Waals surface area (Å²) < 4.78 is 0. The largest absolute Gasteiger partial charge is 0.338 e. The molecule has 0 atom stereocenters. The van der Waals surface area contributed by atoms with Crippen molar-refractivity contribution in [3.63, 3.8) is 0 Å². The summed E-state index contributed by atoms with van der Waals surface area (Å²) in [6.07, 6.45) is 2.02. The monoisotopic (exact) mass is 298 g/mol. The van der Waals surface area contributed by atoms with Gasteiger partial charge in [-0.25, -0.2) is 4.79 Å². The van der Waals surface area contributed by atoms with E-state index in [9.17, 15) is 4.79 Å². The lowest BCUT2D eigenvalue weighted by molar-refractivity contribution is 0.0957. The lowest BCUT2D eigenvalue weighted by Crippen LogP contribution is -2.62. The van der Waals surface area contributed by atoms with E-state index in [0.29, 0.717) is 12.0 Å². The van der Waals surface area contributed by atoms with Crippen LogP contribution in [0.5, 0.6) is 0 Å². The SMILES string of the molecule is CC(C)CNC(=O)NC1(CN(C)C)CCN(C(C)C)CC1. The summed E-state index contributed by atoms with van der Waals surface area (Å²) in [5.41, 5.74) is -0.101. The molecule has 0 radical (unpaired) electrons. The van der Waals surface area contributed by atoms with Gasteiger partial charge in [0, 0.05) is 32.2 Å². The molecule has 5 heteroatoms. The number of likely N-dealkylation sites (N-methyl/N-ethyl adjacent to an activating group) is 1. The Labute approximate surface area is 130 Å². The molecule has 0 aromatic carbocycles. The minimum Gasteiger partial charge on any atom is -0.338 e. The Bertz CT molecular complexity index is 320. The van der Waals surface area contributed by atoms with Crippen molar-refractivity contribution in [2.45, 2.75) is 52.1 Å². The molecular formula is C16H34N4O. The maximum Gasteiger partial charge on any atom is 0.315 e. The van der Waals surface area contributed by atoms with E-state index in [0.717, 1.165) is 39.0 Å². The van der Waals surface area contributed by atoms with Crippen LogP contribution in [0.3, 0.4) is 0 Å². The molecule has 124 valence electrons. The quantitative estimate of drug-likeness (QED) is 0.785. The first-order chi connectivity index (χ1) is 9.74. The summed E-state index contributed by atoms with van der Waals surface area (Å²) in [4.78, 5) is 16.8. The van der Waals surface area contributed by atoms with Gasteiger partial charge in [0.1, 0.15) is 0 Å². The number of likely N-dealkylation sites (tertiary alicyclic amines) is 1. The molecule has 1 heterocycles. The summed E-state index contributed by atoms with van der Waals surface area (Å²) in [6.45, 7) is 12.4. The van der Waals surface area contributed by atoms with Gasteiger partial charge >= 0.3 is 6.03 Å². The normalized spacial score (nSPS) is 19.3. The van der Waals surface area contributed by atoms with Crippen molar-refractivity contribution in [3.05, 3.63) is 0 Å². The number of rotatable bonds is 6. The molecule has 0 bridgehead atoms. The van der Waals surface area contributed by atoms with Crippen LogP contribution in [0.15, 0.2) is 0 Å². The zero-order chi connectivity index (χ0) is 16.0. The highest BCUT2D eigenvalue weighted by Gasteiger charge is 2.36. The Kier molecular flexibility index (Phi) is 6.94. The van der Waals surface area contributed by atoms with Crippen LogP contribution < -0.4 is 10.6 Å². The van der Waals surface area contributed by atoms with Crippen LogP contribution in [0.4, 0.5) is 4.79 Å². The zero-order valence-corrected chi connectivity index (χ0v) is 14.7. The molecule has 5 nitrogen and oxygen atoms in total. The summed E-state index contributed by atoms with van der Waals surface area (Å²) in [5.74, 6) is 0.475. The average Bonchev–Trinajstić information content (AvgIpc) is 2.36. The van der Waals surface area contributed by atoms with E-state index in [4.69, 9.17) is 0 Å². The van der Waals surface area contributed by atoms with E-state index in [-0.39, 0.29) is 11.6 Å². The maximum atomic E-state index is 12.2. The second-order valence-corrected chi connectivity index (χ2v) is 7.38.